The number of hydrogen-bond donors (Lipinski definition) is 1. The van der Waals surface area contributed by atoms with Crippen LogP contribution in [0.1, 0.15) is 26.0 Å². The Morgan fingerprint density at radius 2 is 1.94 bits per heavy atom. The number of aryl methyl sites for hydroxylation is 1. The van der Waals surface area contributed by atoms with Gasteiger partial charge in [0, 0.05) is 5.02 Å². The van der Waals surface area contributed by atoms with E-state index in [4.69, 9.17) is 21.9 Å². The molecule has 0 saturated carbocycles. The fourth-order valence-electron chi connectivity index (χ4n) is 1.86. The first kappa shape index (κ1) is 13.0. The Balaban J connectivity index is 2.31. The summed E-state index contributed by atoms with van der Waals surface area (Å²) >= 11 is 5.89. The van der Waals surface area contributed by atoms with E-state index >= 15 is 0 Å². The van der Waals surface area contributed by atoms with E-state index in [2.05, 4.69) is 19.0 Å². The molecule has 1 aromatic heterocycles. The van der Waals surface area contributed by atoms with E-state index in [0.717, 1.165) is 29.7 Å². The predicted molar refractivity (Wildman–Crippen MR) is 74.5 cm³/mol. The molecular weight excluding hydrogens is 248 g/mol. The van der Waals surface area contributed by atoms with Crippen molar-refractivity contribution in [1.29, 1.82) is 0 Å². The van der Waals surface area contributed by atoms with E-state index in [9.17, 15) is 0 Å². The zero-order valence-corrected chi connectivity index (χ0v) is 11.4. The quantitative estimate of drug-likeness (QED) is 0.902. The number of nitrogen functional groups attached to an aromatic ring is 1. The van der Waals surface area contributed by atoms with Crippen molar-refractivity contribution in [2.24, 2.45) is 5.92 Å². The van der Waals surface area contributed by atoms with Crippen LogP contribution < -0.4 is 5.73 Å². The highest BCUT2D eigenvalue weighted by molar-refractivity contribution is 6.30. The van der Waals surface area contributed by atoms with E-state index in [1.54, 1.807) is 0 Å². The van der Waals surface area contributed by atoms with Crippen LogP contribution in [0, 0.1) is 5.92 Å². The Bertz CT molecular complexity index is 517. The summed E-state index contributed by atoms with van der Waals surface area (Å²) in [6.07, 6.45) is 1.93. The van der Waals surface area contributed by atoms with Crippen molar-refractivity contribution in [3.8, 4) is 11.1 Å². The molecule has 0 fully saturated rings. The van der Waals surface area contributed by atoms with Crippen LogP contribution in [0.5, 0.6) is 0 Å². The minimum Gasteiger partial charge on any atom is -0.367 e. The molecule has 2 rings (SSSR count). The van der Waals surface area contributed by atoms with Gasteiger partial charge in [0.1, 0.15) is 0 Å². The number of halogens is 1. The Kier molecular flexibility index (Phi) is 3.92. The molecule has 1 aromatic carbocycles. The maximum Gasteiger partial charge on any atom is 0.230 e. The van der Waals surface area contributed by atoms with E-state index in [0.29, 0.717) is 16.8 Å². The highest BCUT2D eigenvalue weighted by Gasteiger charge is 2.15. The summed E-state index contributed by atoms with van der Waals surface area (Å²) in [6.45, 7) is 4.37. The molecule has 0 spiro atoms. The molecule has 4 heteroatoms. The van der Waals surface area contributed by atoms with Gasteiger partial charge in [-0.15, -0.1) is 0 Å². The molecule has 0 bridgehead atoms. The molecule has 0 aliphatic heterocycles. The average Bonchev–Trinajstić information content (AvgIpc) is 2.69. The molecular formula is C14H17ClN2O. The fourth-order valence-corrected chi connectivity index (χ4v) is 1.99. The number of aromatic nitrogens is 1. The minimum atomic E-state index is 0.371. The van der Waals surface area contributed by atoms with Crippen LogP contribution >= 0.6 is 11.6 Å². The SMILES string of the molecule is CC(C)CCc1noc(N)c1-c1ccc(Cl)cc1. The molecule has 0 atom stereocenters. The Hall–Kier alpha value is -1.48. The van der Waals surface area contributed by atoms with Gasteiger partial charge < -0.3 is 10.3 Å². The van der Waals surface area contributed by atoms with Crippen LogP contribution in [0.3, 0.4) is 0 Å². The lowest BCUT2D eigenvalue weighted by atomic mass is 10.00. The second kappa shape index (κ2) is 5.44. The number of anilines is 1. The highest BCUT2D eigenvalue weighted by Crippen LogP contribution is 2.31. The van der Waals surface area contributed by atoms with Crippen molar-refractivity contribution in [3.63, 3.8) is 0 Å². The predicted octanol–water partition coefficient (Wildman–Crippen LogP) is 4.17. The Morgan fingerprint density at radius 3 is 2.56 bits per heavy atom. The summed E-state index contributed by atoms with van der Waals surface area (Å²) < 4.78 is 5.11. The van der Waals surface area contributed by atoms with Gasteiger partial charge in [0.05, 0.1) is 11.3 Å². The molecule has 2 N–H and O–H groups in total. The fraction of sp³-hybridized carbons (Fsp3) is 0.357. The van der Waals surface area contributed by atoms with Crippen molar-refractivity contribution >= 4 is 17.5 Å². The lowest BCUT2D eigenvalue weighted by Crippen LogP contribution is -1.95. The number of nitrogens with two attached hydrogens (primary N) is 1. The second-order valence-electron chi connectivity index (χ2n) is 4.81. The summed E-state index contributed by atoms with van der Waals surface area (Å²) in [4.78, 5) is 0. The van der Waals surface area contributed by atoms with Crippen molar-refractivity contribution in [2.75, 3.05) is 5.73 Å². The average molecular weight is 265 g/mol. The van der Waals surface area contributed by atoms with Gasteiger partial charge in [-0.2, -0.15) is 0 Å². The van der Waals surface area contributed by atoms with Crippen LogP contribution in [0.2, 0.25) is 5.02 Å². The van der Waals surface area contributed by atoms with Crippen LogP contribution in [-0.2, 0) is 6.42 Å². The second-order valence-corrected chi connectivity index (χ2v) is 5.24. The normalized spacial score (nSPS) is 11.1. The molecule has 0 unspecified atom stereocenters. The van der Waals surface area contributed by atoms with E-state index in [1.807, 2.05) is 24.3 Å². The summed E-state index contributed by atoms with van der Waals surface area (Å²) in [7, 11) is 0. The van der Waals surface area contributed by atoms with Crippen LogP contribution in [0.15, 0.2) is 28.8 Å². The van der Waals surface area contributed by atoms with Crippen molar-refractivity contribution < 1.29 is 4.52 Å². The molecule has 1 heterocycles. The summed E-state index contributed by atoms with van der Waals surface area (Å²) in [5.41, 5.74) is 8.67. The maximum absolute atomic E-state index is 5.89. The molecule has 0 saturated heterocycles. The smallest absolute Gasteiger partial charge is 0.230 e. The molecule has 0 aliphatic rings. The van der Waals surface area contributed by atoms with E-state index in [-0.39, 0.29) is 0 Å². The maximum atomic E-state index is 5.89. The van der Waals surface area contributed by atoms with Gasteiger partial charge in [-0.25, -0.2) is 0 Å². The van der Waals surface area contributed by atoms with Gasteiger partial charge in [-0.1, -0.05) is 42.7 Å². The number of rotatable bonds is 4. The Labute approximate surface area is 112 Å². The third-order valence-electron chi connectivity index (χ3n) is 2.88. The zero-order chi connectivity index (χ0) is 13.1. The number of nitrogens with zero attached hydrogens (tertiary/aromatic N) is 1. The summed E-state index contributed by atoms with van der Waals surface area (Å²) in [5.74, 6) is 0.997. The van der Waals surface area contributed by atoms with Gasteiger partial charge in [0.15, 0.2) is 0 Å². The van der Waals surface area contributed by atoms with Crippen LogP contribution in [0.25, 0.3) is 11.1 Å². The van der Waals surface area contributed by atoms with Crippen molar-refractivity contribution in [2.45, 2.75) is 26.7 Å². The topological polar surface area (TPSA) is 52.0 Å². The van der Waals surface area contributed by atoms with Gasteiger partial charge >= 0.3 is 0 Å². The van der Waals surface area contributed by atoms with Gasteiger partial charge in [-0.3, -0.25) is 0 Å². The van der Waals surface area contributed by atoms with E-state index in [1.165, 1.54) is 0 Å². The first-order valence-electron chi connectivity index (χ1n) is 6.08. The van der Waals surface area contributed by atoms with Crippen molar-refractivity contribution in [3.05, 3.63) is 35.0 Å². The Morgan fingerprint density at radius 1 is 1.28 bits per heavy atom. The highest BCUT2D eigenvalue weighted by atomic mass is 35.5. The molecule has 0 radical (unpaired) electrons. The molecule has 18 heavy (non-hydrogen) atoms. The molecule has 3 nitrogen and oxygen atoms in total. The van der Waals surface area contributed by atoms with Crippen molar-refractivity contribution in [1.82, 2.24) is 5.16 Å². The molecule has 0 amide bonds. The summed E-state index contributed by atoms with van der Waals surface area (Å²) in [5, 5.41) is 4.76. The standard InChI is InChI=1S/C14H17ClN2O/c1-9(2)3-8-12-13(14(16)18-17-12)10-4-6-11(15)7-5-10/h4-7,9H,3,8,16H2,1-2H3. The third kappa shape index (κ3) is 2.85. The van der Waals surface area contributed by atoms with Gasteiger partial charge in [0.25, 0.3) is 0 Å². The summed E-state index contributed by atoms with van der Waals surface area (Å²) in [6, 6.07) is 7.55. The largest absolute Gasteiger partial charge is 0.367 e. The first-order chi connectivity index (χ1) is 8.58. The zero-order valence-electron chi connectivity index (χ0n) is 10.6. The van der Waals surface area contributed by atoms with Gasteiger partial charge in [0.2, 0.25) is 5.88 Å². The number of hydrogen-bond acceptors (Lipinski definition) is 3. The van der Waals surface area contributed by atoms with Crippen LogP contribution in [-0.4, -0.2) is 5.16 Å². The van der Waals surface area contributed by atoms with Gasteiger partial charge in [-0.05, 0) is 36.5 Å². The monoisotopic (exact) mass is 264 g/mol. The first-order valence-corrected chi connectivity index (χ1v) is 6.45. The minimum absolute atomic E-state index is 0.371. The third-order valence-corrected chi connectivity index (χ3v) is 3.13. The number of benzene rings is 1. The molecule has 2 aromatic rings. The molecule has 0 aliphatic carbocycles. The van der Waals surface area contributed by atoms with Crippen LogP contribution in [0.4, 0.5) is 5.88 Å². The lowest BCUT2D eigenvalue weighted by molar-refractivity contribution is 0.423. The lowest BCUT2D eigenvalue weighted by Gasteiger charge is -2.05. The van der Waals surface area contributed by atoms with E-state index < -0.39 is 0 Å². The molecule has 96 valence electrons.